The van der Waals surface area contributed by atoms with Gasteiger partial charge in [0.1, 0.15) is 11.4 Å². The Labute approximate surface area is 165 Å². The summed E-state index contributed by atoms with van der Waals surface area (Å²) in [6, 6.07) is 19.1. The third-order valence-corrected chi connectivity index (χ3v) is 4.18. The first-order chi connectivity index (χ1) is 13.7. The summed E-state index contributed by atoms with van der Waals surface area (Å²) in [6.07, 6.45) is 1.59. The van der Waals surface area contributed by atoms with Crippen LogP contribution < -0.4 is 10.1 Å². The fraction of sp³-hybridized carbons (Fsp3) is 0.227. The Hall–Kier alpha value is -3.41. The van der Waals surface area contributed by atoms with E-state index in [-0.39, 0.29) is 5.91 Å². The predicted molar refractivity (Wildman–Crippen MR) is 110 cm³/mol. The maximum atomic E-state index is 12.9. The molecule has 1 amide bonds. The molecule has 0 saturated carbocycles. The second kappa shape index (κ2) is 9.50. The van der Waals surface area contributed by atoms with E-state index in [0.717, 1.165) is 17.0 Å². The molecule has 3 rings (SSSR count). The minimum atomic E-state index is -0.122. The number of nitrogens with one attached hydrogen (secondary N) is 1. The first kappa shape index (κ1) is 19.4. The van der Waals surface area contributed by atoms with Crippen LogP contribution in [0, 0.1) is 0 Å². The molecule has 0 saturated heterocycles. The van der Waals surface area contributed by atoms with E-state index in [0.29, 0.717) is 31.3 Å². The third kappa shape index (κ3) is 5.07. The second-order valence-electron chi connectivity index (χ2n) is 6.15. The average molecular weight is 376 g/mol. The standard InChI is InChI=1S/C22H24N4O2/c1-3-26(16-17-8-6-5-7-9-17)21(27)20-14-15-23-22(25-20)24-18-10-12-19(13-11-18)28-4-2/h5-15H,3-4,16H2,1-2H3,(H,23,24,25). The number of carbonyl (C=O) groups excluding carboxylic acids is 1. The zero-order valence-electron chi connectivity index (χ0n) is 16.1. The van der Waals surface area contributed by atoms with Gasteiger partial charge in [0, 0.05) is 25.0 Å². The molecule has 0 atom stereocenters. The Morgan fingerprint density at radius 3 is 2.46 bits per heavy atom. The van der Waals surface area contributed by atoms with Crippen molar-refractivity contribution in [3.63, 3.8) is 0 Å². The molecule has 0 spiro atoms. The van der Waals surface area contributed by atoms with Gasteiger partial charge < -0.3 is 15.0 Å². The highest BCUT2D eigenvalue weighted by Crippen LogP contribution is 2.18. The van der Waals surface area contributed by atoms with Gasteiger partial charge in [-0.3, -0.25) is 4.79 Å². The first-order valence-corrected chi connectivity index (χ1v) is 9.35. The van der Waals surface area contributed by atoms with E-state index >= 15 is 0 Å². The van der Waals surface area contributed by atoms with Gasteiger partial charge in [-0.25, -0.2) is 9.97 Å². The van der Waals surface area contributed by atoms with Crippen LogP contribution in [-0.4, -0.2) is 33.9 Å². The summed E-state index contributed by atoms with van der Waals surface area (Å²) in [4.78, 5) is 23.3. The molecule has 0 fully saturated rings. The van der Waals surface area contributed by atoms with Gasteiger partial charge in [-0.15, -0.1) is 0 Å². The van der Waals surface area contributed by atoms with Gasteiger partial charge in [-0.1, -0.05) is 30.3 Å². The fourth-order valence-electron chi connectivity index (χ4n) is 2.76. The van der Waals surface area contributed by atoms with E-state index in [1.165, 1.54) is 0 Å². The SMILES string of the molecule is CCOc1ccc(Nc2nccc(C(=O)N(CC)Cc3ccccc3)n2)cc1. The molecule has 1 aromatic heterocycles. The van der Waals surface area contributed by atoms with Gasteiger partial charge in [-0.05, 0) is 49.7 Å². The highest BCUT2D eigenvalue weighted by atomic mass is 16.5. The molecule has 1 heterocycles. The molecule has 1 N–H and O–H groups in total. The normalized spacial score (nSPS) is 10.4. The van der Waals surface area contributed by atoms with Crippen LogP contribution >= 0.6 is 0 Å². The van der Waals surface area contributed by atoms with Crippen molar-refractivity contribution in [3.05, 3.63) is 78.1 Å². The molecule has 0 aliphatic carbocycles. The zero-order valence-corrected chi connectivity index (χ0v) is 16.1. The predicted octanol–water partition coefficient (Wildman–Crippen LogP) is 4.28. The lowest BCUT2D eigenvalue weighted by Gasteiger charge is -2.20. The monoisotopic (exact) mass is 376 g/mol. The van der Waals surface area contributed by atoms with E-state index in [9.17, 15) is 4.79 Å². The molecule has 0 aliphatic rings. The summed E-state index contributed by atoms with van der Waals surface area (Å²) >= 11 is 0. The minimum absolute atomic E-state index is 0.122. The van der Waals surface area contributed by atoms with Crippen molar-refractivity contribution in [2.45, 2.75) is 20.4 Å². The number of anilines is 2. The average Bonchev–Trinajstić information content (AvgIpc) is 2.74. The third-order valence-electron chi connectivity index (χ3n) is 4.18. The van der Waals surface area contributed by atoms with Crippen LogP contribution in [0.15, 0.2) is 66.9 Å². The summed E-state index contributed by atoms with van der Waals surface area (Å²) < 4.78 is 5.44. The van der Waals surface area contributed by atoms with Gasteiger partial charge in [0.15, 0.2) is 0 Å². The minimum Gasteiger partial charge on any atom is -0.494 e. The highest BCUT2D eigenvalue weighted by Gasteiger charge is 2.16. The quantitative estimate of drug-likeness (QED) is 0.635. The Morgan fingerprint density at radius 2 is 1.79 bits per heavy atom. The summed E-state index contributed by atoms with van der Waals surface area (Å²) in [5.74, 6) is 1.06. The van der Waals surface area contributed by atoms with Crippen molar-refractivity contribution in [2.75, 3.05) is 18.5 Å². The fourth-order valence-corrected chi connectivity index (χ4v) is 2.76. The van der Waals surface area contributed by atoms with Crippen LogP contribution in [0.4, 0.5) is 11.6 Å². The van der Waals surface area contributed by atoms with E-state index in [4.69, 9.17) is 4.74 Å². The number of nitrogens with zero attached hydrogens (tertiary/aromatic N) is 3. The molecular weight excluding hydrogens is 352 g/mol. The van der Waals surface area contributed by atoms with E-state index in [1.54, 1.807) is 17.2 Å². The largest absolute Gasteiger partial charge is 0.494 e. The molecule has 0 unspecified atom stereocenters. The van der Waals surface area contributed by atoms with Crippen LogP contribution in [0.1, 0.15) is 29.9 Å². The maximum absolute atomic E-state index is 12.9. The number of hydrogen-bond donors (Lipinski definition) is 1. The molecule has 6 heteroatoms. The Morgan fingerprint density at radius 1 is 1.04 bits per heavy atom. The van der Waals surface area contributed by atoms with Crippen molar-refractivity contribution in [1.82, 2.24) is 14.9 Å². The second-order valence-corrected chi connectivity index (χ2v) is 6.15. The van der Waals surface area contributed by atoms with Crippen LogP contribution in [0.2, 0.25) is 0 Å². The Bertz CT molecular complexity index is 898. The lowest BCUT2D eigenvalue weighted by atomic mass is 10.2. The molecule has 2 aromatic carbocycles. The lowest BCUT2D eigenvalue weighted by Crippen LogP contribution is -2.31. The summed E-state index contributed by atoms with van der Waals surface area (Å²) in [6.45, 7) is 5.67. The molecule has 0 aliphatic heterocycles. The number of carbonyl (C=O) groups is 1. The molecular formula is C22H24N4O2. The smallest absolute Gasteiger partial charge is 0.272 e. The zero-order chi connectivity index (χ0) is 19.8. The van der Waals surface area contributed by atoms with Crippen molar-refractivity contribution in [2.24, 2.45) is 0 Å². The van der Waals surface area contributed by atoms with Gasteiger partial charge in [0.2, 0.25) is 5.95 Å². The van der Waals surface area contributed by atoms with Gasteiger partial charge in [-0.2, -0.15) is 0 Å². The lowest BCUT2D eigenvalue weighted by molar-refractivity contribution is 0.0746. The topological polar surface area (TPSA) is 67.3 Å². The summed E-state index contributed by atoms with van der Waals surface area (Å²) in [5, 5.41) is 3.13. The van der Waals surface area contributed by atoms with Crippen molar-refractivity contribution >= 4 is 17.5 Å². The van der Waals surface area contributed by atoms with Crippen molar-refractivity contribution < 1.29 is 9.53 Å². The number of amides is 1. The summed E-state index contributed by atoms with van der Waals surface area (Å²) in [5.41, 5.74) is 2.27. The number of benzene rings is 2. The van der Waals surface area contributed by atoms with Crippen LogP contribution in [-0.2, 0) is 6.54 Å². The van der Waals surface area contributed by atoms with Gasteiger partial charge >= 0.3 is 0 Å². The molecule has 0 radical (unpaired) electrons. The van der Waals surface area contributed by atoms with E-state index in [1.807, 2.05) is 68.4 Å². The van der Waals surface area contributed by atoms with Crippen LogP contribution in [0.5, 0.6) is 5.75 Å². The Kier molecular flexibility index (Phi) is 6.57. The van der Waals surface area contributed by atoms with E-state index in [2.05, 4.69) is 15.3 Å². The molecule has 144 valence electrons. The molecule has 3 aromatic rings. The number of hydrogen-bond acceptors (Lipinski definition) is 5. The van der Waals surface area contributed by atoms with Gasteiger partial charge in [0.05, 0.1) is 6.61 Å². The maximum Gasteiger partial charge on any atom is 0.272 e. The number of ether oxygens (including phenoxy) is 1. The van der Waals surface area contributed by atoms with Crippen LogP contribution in [0.25, 0.3) is 0 Å². The van der Waals surface area contributed by atoms with Crippen molar-refractivity contribution in [3.8, 4) is 5.75 Å². The van der Waals surface area contributed by atoms with E-state index < -0.39 is 0 Å². The Balaban J connectivity index is 1.71. The summed E-state index contributed by atoms with van der Waals surface area (Å²) in [7, 11) is 0. The van der Waals surface area contributed by atoms with Crippen molar-refractivity contribution in [1.29, 1.82) is 0 Å². The first-order valence-electron chi connectivity index (χ1n) is 9.35. The molecule has 28 heavy (non-hydrogen) atoms. The number of rotatable bonds is 8. The van der Waals surface area contributed by atoms with Crippen LogP contribution in [0.3, 0.4) is 0 Å². The van der Waals surface area contributed by atoms with Gasteiger partial charge in [0.25, 0.3) is 5.91 Å². The molecule has 6 nitrogen and oxygen atoms in total. The highest BCUT2D eigenvalue weighted by molar-refractivity contribution is 5.92. The molecule has 0 bridgehead atoms. The number of aromatic nitrogens is 2.